The van der Waals surface area contributed by atoms with Gasteiger partial charge in [0.1, 0.15) is 11.5 Å². The normalized spacial score (nSPS) is 10.1. The predicted octanol–water partition coefficient (Wildman–Crippen LogP) is 3.27. The highest BCUT2D eigenvalue weighted by Crippen LogP contribution is 2.19. The third kappa shape index (κ3) is 5.64. The fraction of sp³-hybridized carbons (Fsp3) is 0.278. The van der Waals surface area contributed by atoms with Gasteiger partial charge in [0.25, 0.3) is 0 Å². The first-order valence-electron chi connectivity index (χ1n) is 7.21. The Morgan fingerprint density at radius 1 is 1.00 bits per heavy atom. The molecule has 0 aliphatic carbocycles. The average molecular weight is 316 g/mol. The number of rotatable bonds is 4. The van der Waals surface area contributed by atoms with E-state index in [2.05, 4.69) is 5.16 Å². The maximum Gasteiger partial charge on any atom is 0.128 e. The minimum atomic E-state index is 0.531. The summed E-state index contributed by atoms with van der Waals surface area (Å²) in [6, 6.07) is 11.7. The van der Waals surface area contributed by atoms with E-state index in [0.29, 0.717) is 12.3 Å². The summed E-state index contributed by atoms with van der Waals surface area (Å²) in [4.78, 5) is 0. The van der Waals surface area contributed by atoms with Gasteiger partial charge in [-0.15, -0.1) is 0 Å². The summed E-state index contributed by atoms with van der Waals surface area (Å²) in [6.45, 7) is 4.54. The third-order valence-electron chi connectivity index (χ3n) is 3.25. The molecule has 0 aliphatic heterocycles. The fourth-order valence-corrected chi connectivity index (χ4v) is 2.01. The van der Waals surface area contributed by atoms with Crippen LogP contribution in [0.1, 0.15) is 22.3 Å². The van der Waals surface area contributed by atoms with Crippen molar-refractivity contribution in [3.8, 4) is 11.5 Å². The molecule has 23 heavy (non-hydrogen) atoms. The van der Waals surface area contributed by atoms with E-state index in [1.165, 1.54) is 11.8 Å². The van der Waals surface area contributed by atoms with Gasteiger partial charge in [0, 0.05) is 17.7 Å². The molecule has 0 heterocycles. The molecule has 0 bridgehead atoms. The molecular formula is C18H24N2O3. The second-order valence-electron chi connectivity index (χ2n) is 5.01. The van der Waals surface area contributed by atoms with Gasteiger partial charge in [0.2, 0.25) is 0 Å². The second-order valence-corrected chi connectivity index (χ2v) is 5.01. The molecule has 2 aromatic carbocycles. The van der Waals surface area contributed by atoms with Crippen molar-refractivity contribution in [2.24, 2.45) is 10.9 Å². The maximum absolute atomic E-state index is 8.32. The van der Waals surface area contributed by atoms with Crippen molar-refractivity contribution < 1.29 is 14.7 Å². The van der Waals surface area contributed by atoms with E-state index >= 15 is 0 Å². The van der Waals surface area contributed by atoms with Crippen molar-refractivity contribution in [3.05, 3.63) is 58.7 Å². The second kappa shape index (κ2) is 9.48. The van der Waals surface area contributed by atoms with E-state index in [9.17, 15) is 0 Å². The molecular weight excluding hydrogens is 292 g/mol. The van der Waals surface area contributed by atoms with Gasteiger partial charge in [-0.25, -0.2) is 0 Å². The molecule has 0 aliphatic rings. The highest BCUT2D eigenvalue weighted by molar-refractivity contribution is 5.83. The first-order chi connectivity index (χ1) is 11.0. The van der Waals surface area contributed by atoms with E-state index < -0.39 is 0 Å². The Balaban J connectivity index is 0.000000231. The van der Waals surface area contributed by atoms with Crippen LogP contribution in [0.4, 0.5) is 0 Å². The predicted molar refractivity (Wildman–Crippen MR) is 92.7 cm³/mol. The van der Waals surface area contributed by atoms with Gasteiger partial charge in [0.15, 0.2) is 0 Å². The summed E-state index contributed by atoms with van der Waals surface area (Å²) in [7, 11) is 3.25. The summed E-state index contributed by atoms with van der Waals surface area (Å²) in [6.07, 6.45) is 1.35. The van der Waals surface area contributed by atoms with E-state index in [0.717, 1.165) is 22.4 Å². The van der Waals surface area contributed by atoms with Gasteiger partial charge >= 0.3 is 0 Å². The molecule has 0 aromatic heterocycles. The summed E-state index contributed by atoms with van der Waals surface area (Å²) >= 11 is 0. The molecule has 0 atom stereocenters. The van der Waals surface area contributed by atoms with Gasteiger partial charge in [-0.3, -0.25) is 0 Å². The first kappa shape index (κ1) is 18.5. The molecule has 0 fully saturated rings. The van der Waals surface area contributed by atoms with Gasteiger partial charge in [-0.05, 0) is 43.2 Å². The van der Waals surface area contributed by atoms with Gasteiger partial charge in [-0.1, -0.05) is 23.4 Å². The Morgan fingerprint density at radius 3 is 2.09 bits per heavy atom. The lowest BCUT2D eigenvalue weighted by Crippen LogP contribution is -1.99. The maximum atomic E-state index is 8.32. The molecule has 2 aromatic rings. The number of nitrogens with two attached hydrogens (primary N) is 1. The van der Waals surface area contributed by atoms with Crippen LogP contribution in [0.25, 0.3) is 0 Å². The number of nitrogens with zero attached hydrogens (tertiary/aromatic N) is 1. The number of hydrogen-bond donors (Lipinski definition) is 2. The molecule has 0 spiro atoms. The van der Waals surface area contributed by atoms with Crippen LogP contribution in [0.5, 0.6) is 11.5 Å². The van der Waals surface area contributed by atoms with E-state index in [-0.39, 0.29) is 0 Å². The number of methoxy groups -OCH3 is 2. The third-order valence-corrected chi connectivity index (χ3v) is 3.25. The van der Waals surface area contributed by atoms with Crippen LogP contribution >= 0.6 is 0 Å². The molecule has 0 unspecified atom stereocenters. The molecule has 0 saturated carbocycles. The fourth-order valence-electron chi connectivity index (χ4n) is 2.01. The van der Waals surface area contributed by atoms with Crippen molar-refractivity contribution in [2.45, 2.75) is 20.4 Å². The molecule has 0 saturated heterocycles. The molecule has 124 valence electrons. The Bertz CT molecular complexity index is 655. The number of hydrogen-bond acceptors (Lipinski definition) is 5. The largest absolute Gasteiger partial charge is 0.496 e. The number of benzene rings is 2. The van der Waals surface area contributed by atoms with Crippen LogP contribution in [0.2, 0.25) is 0 Å². The topological polar surface area (TPSA) is 77.1 Å². The number of ether oxygens (including phenoxy) is 2. The van der Waals surface area contributed by atoms with Crippen LogP contribution in [-0.4, -0.2) is 25.6 Å². The van der Waals surface area contributed by atoms with Crippen LogP contribution in [0.15, 0.2) is 41.6 Å². The zero-order chi connectivity index (χ0) is 17.2. The Morgan fingerprint density at radius 2 is 1.57 bits per heavy atom. The van der Waals surface area contributed by atoms with Crippen molar-refractivity contribution in [3.63, 3.8) is 0 Å². The summed E-state index contributed by atoms with van der Waals surface area (Å²) < 4.78 is 10.2. The standard InChI is InChI=1S/C9H11NO2.C9H13NO/c1-7-3-4-8(6-10-11)9(5-7)12-2;1-7-3-4-8(6-10)9(5-7)11-2/h3-6,11H,1-2H3;3-5H,6,10H2,1-2H3/b10-6+;. The summed E-state index contributed by atoms with van der Waals surface area (Å²) in [5.74, 6) is 1.60. The van der Waals surface area contributed by atoms with E-state index in [4.69, 9.17) is 20.4 Å². The highest BCUT2D eigenvalue weighted by atomic mass is 16.5. The molecule has 3 N–H and O–H groups in total. The first-order valence-corrected chi connectivity index (χ1v) is 7.21. The smallest absolute Gasteiger partial charge is 0.128 e. The monoisotopic (exact) mass is 316 g/mol. The highest BCUT2D eigenvalue weighted by Gasteiger charge is 2.00. The lowest BCUT2D eigenvalue weighted by atomic mass is 10.1. The Kier molecular flexibility index (Phi) is 7.63. The van der Waals surface area contributed by atoms with Gasteiger partial charge in [0.05, 0.1) is 20.4 Å². The Labute approximate surface area is 137 Å². The summed E-state index contributed by atoms with van der Waals surface area (Å²) in [5, 5.41) is 11.3. The van der Waals surface area contributed by atoms with Gasteiger partial charge in [-0.2, -0.15) is 0 Å². The van der Waals surface area contributed by atoms with Crippen molar-refractivity contribution in [1.29, 1.82) is 0 Å². The molecule has 5 nitrogen and oxygen atoms in total. The molecule has 0 amide bonds. The molecule has 0 radical (unpaired) electrons. The van der Waals surface area contributed by atoms with Crippen molar-refractivity contribution in [1.82, 2.24) is 0 Å². The van der Waals surface area contributed by atoms with Crippen LogP contribution < -0.4 is 15.2 Å². The zero-order valence-corrected chi connectivity index (χ0v) is 14.0. The molecule has 2 rings (SSSR count). The lowest BCUT2D eigenvalue weighted by Gasteiger charge is -2.06. The average Bonchev–Trinajstić information content (AvgIpc) is 2.57. The van der Waals surface area contributed by atoms with Crippen LogP contribution in [0.3, 0.4) is 0 Å². The van der Waals surface area contributed by atoms with E-state index in [1.807, 2.05) is 50.2 Å². The zero-order valence-electron chi connectivity index (χ0n) is 14.0. The van der Waals surface area contributed by atoms with Crippen molar-refractivity contribution >= 4 is 6.21 Å². The van der Waals surface area contributed by atoms with E-state index in [1.54, 1.807) is 14.2 Å². The van der Waals surface area contributed by atoms with Crippen molar-refractivity contribution in [2.75, 3.05) is 14.2 Å². The van der Waals surface area contributed by atoms with Crippen LogP contribution in [-0.2, 0) is 6.54 Å². The molecule has 5 heteroatoms. The van der Waals surface area contributed by atoms with Gasteiger partial charge < -0.3 is 20.4 Å². The quantitative estimate of drug-likeness (QED) is 0.515. The summed E-state index contributed by atoms with van der Waals surface area (Å²) in [5.41, 5.74) is 9.63. The van der Waals surface area contributed by atoms with Crippen LogP contribution in [0, 0.1) is 13.8 Å². The number of oxime groups is 1. The SMILES string of the molecule is COc1cc(C)ccc1/C=N/O.COc1cc(C)ccc1CN. The minimum Gasteiger partial charge on any atom is -0.496 e. The number of aryl methyl sites for hydroxylation is 2. The lowest BCUT2D eigenvalue weighted by molar-refractivity contribution is 0.321. The Hall–Kier alpha value is -2.53. The minimum absolute atomic E-state index is 0.531.